The molecule has 0 atom stereocenters. The fourth-order valence-electron chi connectivity index (χ4n) is 1.90. The molecule has 110 valence electrons. The van der Waals surface area contributed by atoms with Crippen LogP contribution in [0.3, 0.4) is 0 Å². The fourth-order valence-corrected chi connectivity index (χ4v) is 1.90. The molecule has 0 saturated carbocycles. The minimum atomic E-state index is -0.242. The Bertz CT molecular complexity index is 597. The summed E-state index contributed by atoms with van der Waals surface area (Å²) >= 11 is 0. The predicted molar refractivity (Wildman–Crippen MR) is 84.6 cm³/mol. The molecule has 0 aliphatic carbocycles. The number of benzene rings is 2. The van der Waals surface area contributed by atoms with Gasteiger partial charge in [-0.15, -0.1) is 0 Å². The molecule has 5 heteroatoms. The van der Waals surface area contributed by atoms with Crippen LogP contribution in [0.25, 0.3) is 0 Å². The van der Waals surface area contributed by atoms with Crippen LogP contribution in [0.2, 0.25) is 0 Å². The number of anilines is 2. The zero-order valence-electron chi connectivity index (χ0n) is 11.9. The molecular weight excluding hydrogens is 266 g/mol. The second kappa shape index (κ2) is 7.19. The highest BCUT2D eigenvalue weighted by molar-refractivity contribution is 5.89. The van der Waals surface area contributed by atoms with Gasteiger partial charge in [-0.3, -0.25) is 0 Å². The molecule has 0 radical (unpaired) electrons. The van der Waals surface area contributed by atoms with Gasteiger partial charge in [-0.25, -0.2) is 4.79 Å². The Balaban J connectivity index is 1.76. The van der Waals surface area contributed by atoms with E-state index < -0.39 is 0 Å². The summed E-state index contributed by atoms with van der Waals surface area (Å²) in [5, 5.41) is 5.54. The Morgan fingerprint density at radius 3 is 2.62 bits per heavy atom. The molecule has 0 unspecified atom stereocenters. The van der Waals surface area contributed by atoms with Gasteiger partial charge in [-0.05, 0) is 42.3 Å². The first-order valence-corrected chi connectivity index (χ1v) is 6.71. The summed E-state index contributed by atoms with van der Waals surface area (Å²) in [7, 11) is 1.64. The van der Waals surface area contributed by atoms with Crippen LogP contribution in [0.1, 0.15) is 5.56 Å². The van der Waals surface area contributed by atoms with Crippen molar-refractivity contribution >= 4 is 17.4 Å². The van der Waals surface area contributed by atoms with E-state index in [1.54, 1.807) is 31.4 Å². The second-order valence-corrected chi connectivity index (χ2v) is 4.60. The van der Waals surface area contributed by atoms with Gasteiger partial charge in [0.05, 0.1) is 7.11 Å². The average Bonchev–Trinajstić information content (AvgIpc) is 2.48. The molecule has 4 N–H and O–H groups in total. The quantitative estimate of drug-likeness (QED) is 0.739. The number of rotatable bonds is 5. The smallest absolute Gasteiger partial charge is 0.319 e. The largest absolute Gasteiger partial charge is 0.497 e. The summed E-state index contributed by atoms with van der Waals surface area (Å²) < 4.78 is 5.10. The maximum Gasteiger partial charge on any atom is 0.319 e. The van der Waals surface area contributed by atoms with Crippen molar-refractivity contribution in [1.82, 2.24) is 5.32 Å². The molecule has 0 spiro atoms. The summed E-state index contributed by atoms with van der Waals surface area (Å²) in [5.74, 6) is 0.825. The number of nitrogen functional groups attached to an aromatic ring is 1. The van der Waals surface area contributed by atoms with Crippen molar-refractivity contribution in [1.29, 1.82) is 0 Å². The first kappa shape index (κ1) is 14.7. The number of hydrogen-bond donors (Lipinski definition) is 3. The van der Waals surface area contributed by atoms with Crippen molar-refractivity contribution in [2.45, 2.75) is 6.42 Å². The van der Waals surface area contributed by atoms with Crippen LogP contribution in [0.4, 0.5) is 16.2 Å². The minimum Gasteiger partial charge on any atom is -0.497 e. The van der Waals surface area contributed by atoms with Gasteiger partial charge >= 0.3 is 6.03 Å². The van der Waals surface area contributed by atoms with E-state index in [4.69, 9.17) is 10.5 Å². The van der Waals surface area contributed by atoms with E-state index in [2.05, 4.69) is 10.6 Å². The number of nitrogens with one attached hydrogen (secondary N) is 2. The first-order chi connectivity index (χ1) is 10.2. The van der Waals surface area contributed by atoms with E-state index in [1.807, 2.05) is 24.3 Å². The number of ether oxygens (including phenoxy) is 1. The van der Waals surface area contributed by atoms with Gasteiger partial charge in [-0.1, -0.05) is 18.2 Å². The van der Waals surface area contributed by atoms with E-state index in [-0.39, 0.29) is 6.03 Å². The zero-order chi connectivity index (χ0) is 15.1. The monoisotopic (exact) mass is 285 g/mol. The van der Waals surface area contributed by atoms with Crippen molar-refractivity contribution in [2.75, 3.05) is 24.7 Å². The van der Waals surface area contributed by atoms with Crippen LogP contribution in [0.5, 0.6) is 5.75 Å². The molecule has 0 fully saturated rings. The van der Waals surface area contributed by atoms with E-state index in [0.717, 1.165) is 17.7 Å². The molecule has 0 aliphatic rings. The highest BCUT2D eigenvalue weighted by atomic mass is 16.5. The molecule has 2 amide bonds. The third kappa shape index (κ3) is 4.72. The lowest BCUT2D eigenvalue weighted by Gasteiger charge is -2.08. The number of carbonyl (C=O) groups is 1. The molecule has 2 aromatic rings. The molecule has 5 nitrogen and oxygen atoms in total. The Hall–Kier alpha value is -2.69. The van der Waals surface area contributed by atoms with Gasteiger partial charge in [0.2, 0.25) is 0 Å². The molecule has 0 aromatic heterocycles. The Morgan fingerprint density at radius 1 is 1.19 bits per heavy atom. The Kier molecular flexibility index (Phi) is 5.04. The van der Waals surface area contributed by atoms with Crippen molar-refractivity contribution in [3.63, 3.8) is 0 Å². The molecule has 0 saturated heterocycles. The maximum absolute atomic E-state index is 11.7. The summed E-state index contributed by atoms with van der Waals surface area (Å²) in [6.07, 6.45) is 0.758. The lowest BCUT2D eigenvalue weighted by atomic mass is 10.1. The third-order valence-corrected chi connectivity index (χ3v) is 3.00. The molecule has 2 rings (SSSR count). The summed E-state index contributed by atoms with van der Waals surface area (Å²) in [5.41, 5.74) is 8.09. The number of urea groups is 1. The van der Waals surface area contributed by atoms with Gasteiger partial charge in [0.1, 0.15) is 5.75 Å². The molecule has 0 bridgehead atoms. The predicted octanol–water partition coefficient (Wildman–Crippen LogP) is 2.64. The van der Waals surface area contributed by atoms with Crippen molar-refractivity contribution in [2.24, 2.45) is 0 Å². The number of carbonyl (C=O) groups excluding carboxylic acids is 1. The number of amides is 2. The number of methoxy groups -OCH3 is 1. The fraction of sp³-hybridized carbons (Fsp3) is 0.188. The third-order valence-electron chi connectivity index (χ3n) is 3.00. The lowest BCUT2D eigenvalue weighted by molar-refractivity contribution is 0.252. The Labute approximate surface area is 124 Å². The number of hydrogen-bond acceptors (Lipinski definition) is 3. The van der Waals surface area contributed by atoms with Crippen molar-refractivity contribution in [3.8, 4) is 5.75 Å². The van der Waals surface area contributed by atoms with Crippen LogP contribution in [-0.2, 0) is 6.42 Å². The van der Waals surface area contributed by atoms with Crippen LogP contribution in [0.15, 0.2) is 48.5 Å². The zero-order valence-corrected chi connectivity index (χ0v) is 11.9. The molecule has 2 aromatic carbocycles. The van der Waals surface area contributed by atoms with E-state index >= 15 is 0 Å². The SMILES string of the molecule is COc1ccc(CCNC(=O)Nc2cccc(N)c2)cc1. The molecule has 21 heavy (non-hydrogen) atoms. The first-order valence-electron chi connectivity index (χ1n) is 6.71. The highest BCUT2D eigenvalue weighted by Crippen LogP contribution is 2.12. The van der Waals surface area contributed by atoms with Gasteiger partial charge in [0, 0.05) is 17.9 Å². The average molecular weight is 285 g/mol. The maximum atomic E-state index is 11.7. The number of nitrogens with two attached hydrogens (primary N) is 1. The van der Waals surface area contributed by atoms with E-state index in [9.17, 15) is 4.79 Å². The van der Waals surface area contributed by atoms with Gasteiger partial charge in [0.15, 0.2) is 0 Å². The van der Waals surface area contributed by atoms with Crippen LogP contribution in [-0.4, -0.2) is 19.7 Å². The summed E-state index contributed by atoms with van der Waals surface area (Å²) in [4.78, 5) is 11.7. The van der Waals surface area contributed by atoms with Crippen molar-refractivity contribution in [3.05, 3.63) is 54.1 Å². The van der Waals surface area contributed by atoms with Crippen LogP contribution >= 0.6 is 0 Å². The van der Waals surface area contributed by atoms with E-state index in [0.29, 0.717) is 17.9 Å². The summed E-state index contributed by atoms with van der Waals surface area (Å²) in [6.45, 7) is 0.556. The topological polar surface area (TPSA) is 76.4 Å². The standard InChI is InChI=1S/C16H19N3O2/c1-21-15-7-5-12(6-8-15)9-10-18-16(20)19-14-4-2-3-13(17)11-14/h2-8,11H,9-10,17H2,1H3,(H2,18,19,20). The Morgan fingerprint density at radius 2 is 1.95 bits per heavy atom. The molecular formula is C16H19N3O2. The summed E-state index contributed by atoms with van der Waals surface area (Å²) in [6, 6.07) is 14.6. The lowest BCUT2D eigenvalue weighted by Crippen LogP contribution is -2.30. The van der Waals surface area contributed by atoms with Crippen molar-refractivity contribution < 1.29 is 9.53 Å². The normalized spacial score (nSPS) is 9.95. The second-order valence-electron chi connectivity index (χ2n) is 4.60. The molecule has 0 heterocycles. The van der Waals surface area contributed by atoms with Crippen LogP contribution in [0, 0.1) is 0 Å². The minimum absolute atomic E-state index is 0.242. The molecule has 0 aliphatic heterocycles. The van der Waals surface area contributed by atoms with Gasteiger partial charge in [0.25, 0.3) is 0 Å². The highest BCUT2D eigenvalue weighted by Gasteiger charge is 2.01. The van der Waals surface area contributed by atoms with Crippen LogP contribution < -0.4 is 21.1 Å². The van der Waals surface area contributed by atoms with E-state index in [1.165, 1.54) is 0 Å². The van der Waals surface area contributed by atoms with Gasteiger partial charge < -0.3 is 21.1 Å². The van der Waals surface area contributed by atoms with Gasteiger partial charge in [-0.2, -0.15) is 0 Å².